The minimum Gasteiger partial charge on any atom is -0.444 e. The Morgan fingerprint density at radius 1 is 0.979 bits per heavy atom. The third-order valence-corrected chi connectivity index (χ3v) is 8.82. The van der Waals surface area contributed by atoms with Gasteiger partial charge in [0.1, 0.15) is 30.0 Å². The molecule has 6 N–H and O–H groups in total. The predicted molar refractivity (Wildman–Crippen MR) is 185 cm³/mol. The summed E-state index contributed by atoms with van der Waals surface area (Å²) < 4.78 is 6.23. The van der Waals surface area contributed by atoms with Crippen molar-refractivity contribution in [1.29, 1.82) is 0 Å². The smallest absolute Gasteiger partial charge is 0.408 e. The molecule has 2 aliphatic rings. The van der Waals surface area contributed by atoms with Crippen LogP contribution in [0.25, 0.3) is 0 Å². The molecule has 0 saturated heterocycles. The third-order valence-electron chi connectivity index (χ3n) is 8.37. The summed E-state index contributed by atoms with van der Waals surface area (Å²) in [6.07, 6.45) is -0.811. The summed E-state index contributed by atoms with van der Waals surface area (Å²) in [5.41, 5.74) is 8.91. The van der Waals surface area contributed by atoms with Crippen LogP contribution in [0.5, 0.6) is 0 Å². The zero-order valence-electron chi connectivity index (χ0n) is 27.2. The van der Waals surface area contributed by atoms with Gasteiger partial charge in [-0.2, -0.15) is 0 Å². The number of aliphatic hydroxyl groups is 1. The lowest BCUT2D eigenvalue weighted by Gasteiger charge is -2.30. The number of aliphatic hydroxyl groups excluding tert-OH is 1. The third kappa shape index (κ3) is 8.41. The molecular formula is C36H42BrN5O6. The number of carbonyl (C=O) groups is 4. The van der Waals surface area contributed by atoms with E-state index in [-0.39, 0.29) is 19.3 Å². The first-order chi connectivity index (χ1) is 22.8. The van der Waals surface area contributed by atoms with Gasteiger partial charge < -0.3 is 31.5 Å². The van der Waals surface area contributed by atoms with Crippen LogP contribution in [0.2, 0.25) is 0 Å². The standard InChI is InChI=1S/C36H42BrN5O6/c1-36(2,3)48-35(47)40-27-15-14-23-18-25(37)19-24-20-28(42(31(23)24)34(27)46)33(45)39-26(16-17-29(38)43)32(44)41-30(21-10-6-4-7-11-21)22-12-8-5-9-13-22/h4-13,18-19,26-30,43H,14-17,20,38H2,1-3H3,(H,39,45)(H,40,47)(H,41,44)/t26-,27-,28-,29?/m0/s1. The number of rotatable bonds is 10. The first kappa shape index (κ1) is 35.1. The van der Waals surface area contributed by atoms with Gasteiger partial charge in [0.15, 0.2) is 0 Å². The van der Waals surface area contributed by atoms with E-state index in [0.29, 0.717) is 18.5 Å². The largest absolute Gasteiger partial charge is 0.444 e. The molecule has 5 rings (SSSR count). The number of ether oxygens (including phenoxy) is 1. The molecule has 0 aliphatic carbocycles. The van der Waals surface area contributed by atoms with Crippen molar-refractivity contribution in [3.63, 3.8) is 0 Å². The van der Waals surface area contributed by atoms with Crippen molar-refractivity contribution >= 4 is 45.4 Å². The number of hydrogen-bond donors (Lipinski definition) is 5. The Hall–Kier alpha value is -4.26. The fourth-order valence-electron chi connectivity index (χ4n) is 6.24. The normalized spacial score (nSPS) is 18.4. The van der Waals surface area contributed by atoms with Crippen LogP contribution in [-0.4, -0.2) is 58.9 Å². The number of alkyl carbamates (subject to hydrolysis) is 1. The van der Waals surface area contributed by atoms with Gasteiger partial charge in [0.05, 0.1) is 11.7 Å². The molecule has 2 aliphatic heterocycles. The molecule has 1 unspecified atom stereocenters. The summed E-state index contributed by atoms with van der Waals surface area (Å²) in [6.45, 7) is 5.21. The van der Waals surface area contributed by atoms with E-state index < -0.39 is 59.8 Å². The number of nitrogens with zero attached hydrogens (tertiary/aromatic N) is 1. The fraction of sp³-hybridized carbons (Fsp3) is 0.389. The molecule has 254 valence electrons. The molecule has 3 aromatic carbocycles. The van der Waals surface area contributed by atoms with Crippen molar-refractivity contribution in [2.24, 2.45) is 5.73 Å². The second-order valence-electron chi connectivity index (χ2n) is 13.2. The van der Waals surface area contributed by atoms with E-state index in [1.807, 2.05) is 72.8 Å². The summed E-state index contributed by atoms with van der Waals surface area (Å²) in [5.74, 6) is -1.44. The van der Waals surface area contributed by atoms with E-state index in [1.165, 1.54) is 4.90 Å². The molecule has 0 fully saturated rings. The lowest BCUT2D eigenvalue weighted by atomic mass is 9.97. The summed E-state index contributed by atoms with van der Waals surface area (Å²) in [4.78, 5) is 56.4. The molecule has 0 bridgehead atoms. The number of nitrogens with one attached hydrogen (secondary N) is 3. The molecule has 0 spiro atoms. The minimum absolute atomic E-state index is 0.0478. The number of amides is 4. The van der Waals surface area contributed by atoms with E-state index in [0.717, 1.165) is 26.7 Å². The Balaban J connectivity index is 1.41. The van der Waals surface area contributed by atoms with E-state index >= 15 is 0 Å². The summed E-state index contributed by atoms with van der Waals surface area (Å²) >= 11 is 3.56. The van der Waals surface area contributed by atoms with Crippen LogP contribution < -0.4 is 26.6 Å². The average molecular weight is 721 g/mol. The van der Waals surface area contributed by atoms with Crippen molar-refractivity contribution in [2.45, 2.75) is 88.9 Å². The quantitative estimate of drug-likeness (QED) is 0.198. The van der Waals surface area contributed by atoms with Gasteiger partial charge >= 0.3 is 6.09 Å². The second-order valence-corrected chi connectivity index (χ2v) is 14.1. The number of anilines is 1. The highest BCUT2D eigenvalue weighted by molar-refractivity contribution is 9.10. The highest BCUT2D eigenvalue weighted by Gasteiger charge is 2.45. The number of hydrogen-bond acceptors (Lipinski definition) is 7. The molecule has 0 saturated carbocycles. The zero-order valence-corrected chi connectivity index (χ0v) is 28.8. The van der Waals surface area contributed by atoms with Crippen LogP contribution in [0.3, 0.4) is 0 Å². The lowest BCUT2D eigenvalue weighted by Crippen LogP contribution is -2.57. The van der Waals surface area contributed by atoms with E-state index in [2.05, 4.69) is 31.9 Å². The summed E-state index contributed by atoms with van der Waals surface area (Å²) in [5, 5.41) is 18.6. The molecule has 4 atom stereocenters. The van der Waals surface area contributed by atoms with Gasteiger partial charge in [-0.1, -0.05) is 76.6 Å². The topological polar surface area (TPSA) is 163 Å². The number of aryl methyl sites for hydroxylation is 1. The Bertz CT molecular complexity index is 1610. The van der Waals surface area contributed by atoms with Crippen LogP contribution >= 0.6 is 15.9 Å². The van der Waals surface area contributed by atoms with E-state index in [1.54, 1.807) is 20.8 Å². The highest BCUT2D eigenvalue weighted by Crippen LogP contribution is 2.41. The second kappa shape index (κ2) is 14.9. The maximum atomic E-state index is 14.2. The number of carbonyl (C=O) groups excluding carboxylic acids is 4. The van der Waals surface area contributed by atoms with Crippen LogP contribution in [0.4, 0.5) is 10.5 Å². The predicted octanol–water partition coefficient (Wildman–Crippen LogP) is 3.99. The molecule has 3 aromatic rings. The molecule has 12 heteroatoms. The monoisotopic (exact) mass is 719 g/mol. The van der Waals surface area contributed by atoms with Crippen molar-refractivity contribution in [1.82, 2.24) is 16.0 Å². The lowest BCUT2D eigenvalue weighted by molar-refractivity contribution is -0.131. The van der Waals surface area contributed by atoms with Crippen molar-refractivity contribution < 1.29 is 29.0 Å². The van der Waals surface area contributed by atoms with E-state index in [9.17, 15) is 24.3 Å². The highest BCUT2D eigenvalue weighted by atomic mass is 79.9. The zero-order chi connectivity index (χ0) is 34.6. The SMILES string of the molecule is CC(C)(C)OC(=O)N[C@H]1CCc2cc(Br)cc3c2N(C1=O)[C@H](C(=O)N[C@@H](CCC(N)O)C(=O)NC(c1ccccc1)c1ccccc1)C3. The van der Waals surface area contributed by atoms with Crippen molar-refractivity contribution in [2.75, 3.05) is 4.90 Å². The number of nitrogens with two attached hydrogens (primary N) is 1. The molecular weight excluding hydrogens is 678 g/mol. The molecule has 11 nitrogen and oxygen atoms in total. The van der Waals surface area contributed by atoms with E-state index in [4.69, 9.17) is 10.5 Å². The van der Waals surface area contributed by atoms with Crippen molar-refractivity contribution in [3.05, 3.63) is 99.5 Å². The summed E-state index contributed by atoms with van der Waals surface area (Å²) in [7, 11) is 0. The fourth-order valence-corrected chi connectivity index (χ4v) is 6.80. The van der Waals surface area contributed by atoms with Crippen LogP contribution in [0.15, 0.2) is 77.3 Å². The minimum atomic E-state index is -1.20. The Labute approximate surface area is 288 Å². The van der Waals surface area contributed by atoms with Crippen LogP contribution in [0.1, 0.15) is 68.3 Å². The van der Waals surface area contributed by atoms with Gasteiger partial charge in [0.25, 0.3) is 0 Å². The van der Waals surface area contributed by atoms with Crippen LogP contribution in [0, 0.1) is 0 Å². The first-order valence-electron chi connectivity index (χ1n) is 16.1. The van der Waals surface area contributed by atoms with Gasteiger partial charge in [-0.15, -0.1) is 0 Å². The van der Waals surface area contributed by atoms with Gasteiger partial charge in [-0.3, -0.25) is 19.3 Å². The van der Waals surface area contributed by atoms with Crippen molar-refractivity contribution in [3.8, 4) is 0 Å². The Kier molecular flexibility index (Phi) is 10.9. The molecule has 2 heterocycles. The van der Waals surface area contributed by atoms with Crippen LogP contribution in [-0.2, 0) is 32.0 Å². The molecule has 48 heavy (non-hydrogen) atoms. The molecule has 0 aromatic heterocycles. The maximum absolute atomic E-state index is 14.2. The summed E-state index contributed by atoms with van der Waals surface area (Å²) in [6, 6.07) is 19.3. The number of halogens is 1. The van der Waals surface area contributed by atoms with Gasteiger partial charge in [-0.25, -0.2) is 4.79 Å². The van der Waals surface area contributed by atoms with Gasteiger partial charge in [0.2, 0.25) is 17.7 Å². The molecule has 4 amide bonds. The number of benzene rings is 3. The van der Waals surface area contributed by atoms with Gasteiger partial charge in [0, 0.05) is 10.9 Å². The Morgan fingerprint density at radius 2 is 1.58 bits per heavy atom. The maximum Gasteiger partial charge on any atom is 0.408 e. The first-order valence-corrected chi connectivity index (χ1v) is 16.9. The average Bonchev–Trinajstić information content (AvgIpc) is 3.36. The van der Waals surface area contributed by atoms with Gasteiger partial charge in [-0.05, 0) is 80.8 Å². The Morgan fingerprint density at radius 3 is 2.17 bits per heavy atom. The molecule has 0 radical (unpaired) electrons.